The first-order valence-corrected chi connectivity index (χ1v) is 5.54. The van der Waals surface area contributed by atoms with Gasteiger partial charge in [-0.3, -0.25) is 0 Å². The van der Waals surface area contributed by atoms with E-state index < -0.39 is 0 Å². The minimum absolute atomic E-state index is 0.204. The van der Waals surface area contributed by atoms with Gasteiger partial charge >= 0.3 is 0 Å². The molecule has 2 N–H and O–H groups in total. The maximum Gasteiger partial charge on any atom is 0.122 e. The minimum atomic E-state index is 0.204. The lowest BCUT2D eigenvalue weighted by molar-refractivity contribution is -0.110. The van der Waals surface area contributed by atoms with E-state index in [0.29, 0.717) is 0 Å². The van der Waals surface area contributed by atoms with Crippen LogP contribution in [-0.2, 0) is 4.79 Å². The van der Waals surface area contributed by atoms with Crippen LogP contribution in [0.2, 0.25) is 0 Å². The third-order valence-electron chi connectivity index (χ3n) is 1.74. The molecule has 0 spiro atoms. The third-order valence-corrected chi connectivity index (χ3v) is 1.74. The maximum atomic E-state index is 9.50. The zero-order chi connectivity index (χ0) is 11.4. The summed E-state index contributed by atoms with van der Waals surface area (Å²) in [4.78, 5) is 9.50. The Kier molecular flexibility index (Phi) is 14.4. The fourth-order valence-corrected chi connectivity index (χ4v) is 0.901. The van der Waals surface area contributed by atoms with Crippen LogP contribution in [0.4, 0.5) is 0 Å². The molecular weight excluding hydrogens is 176 g/mol. The molecule has 1 saturated heterocycles. The van der Waals surface area contributed by atoms with E-state index in [0.717, 1.165) is 18.9 Å². The number of carbonyl (C=O) groups is 1. The number of rotatable bonds is 2. The predicted octanol–water partition coefficient (Wildman–Crippen LogP) is 1.44. The molecule has 0 bridgehead atoms. The third kappa shape index (κ3) is 11.6. The summed E-state index contributed by atoms with van der Waals surface area (Å²) < 4.78 is 0. The van der Waals surface area contributed by atoms with Gasteiger partial charge in [-0.2, -0.15) is 0 Å². The second-order valence-corrected chi connectivity index (χ2v) is 3.36. The molecule has 0 aromatic rings. The van der Waals surface area contributed by atoms with Crippen LogP contribution in [0.15, 0.2) is 0 Å². The molecule has 1 aliphatic rings. The normalized spacial score (nSPS) is 19.1. The van der Waals surface area contributed by atoms with Crippen molar-refractivity contribution in [2.24, 2.45) is 5.92 Å². The Balaban J connectivity index is 0. The van der Waals surface area contributed by atoms with Crippen molar-refractivity contribution in [3.8, 4) is 0 Å². The number of carbonyl (C=O) groups excluding carboxylic acids is 1. The first-order chi connectivity index (χ1) is 6.70. The van der Waals surface area contributed by atoms with Crippen molar-refractivity contribution in [3.05, 3.63) is 0 Å². The number of hydrogen-bond acceptors (Lipinski definition) is 3. The molecule has 0 radical (unpaired) electrons. The molecule has 0 amide bonds. The van der Waals surface area contributed by atoms with Crippen LogP contribution >= 0.6 is 0 Å². The van der Waals surface area contributed by atoms with Gasteiger partial charge in [0.05, 0.1) is 0 Å². The predicted molar refractivity (Wildman–Crippen MR) is 62.6 cm³/mol. The average molecular weight is 202 g/mol. The van der Waals surface area contributed by atoms with Gasteiger partial charge in [-0.15, -0.1) is 0 Å². The topological polar surface area (TPSA) is 41.1 Å². The van der Waals surface area contributed by atoms with Crippen LogP contribution in [0.25, 0.3) is 0 Å². The highest BCUT2D eigenvalue weighted by Crippen LogP contribution is 1.93. The SMILES string of the molecule is CC.CC(C)C=O.CNC1CCNC1. The van der Waals surface area contributed by atoms with Gasteiger partial charge in [-0.1, -0.05) is 27.7 Å². The van der Waals surface area contributed by atoms with Crippen LogP contribution in [-0.4, -0.2) is 32.5 Å². The molecule has 86 valence electrons. The summed E-state index contributed by atoms with van der Waals surface area (Å²) in [7, 11) is 2.01. The highest BCUT2D eigenvalue weighted by atomic mass is 16.1. The van der Waals surface area contributed by atoms with Crippen LogP contribution in [0.3, 0.4) is 0 Å². The van der Waals surface area contributed by atoms with Gasteiger partial charge in [0.15, 0.2) is 0 Å². The molecule has 0 aliphatic carbocycles. The lowest BCUT2D eigenvalue weighted by Crippen LogP contribution is -2.26. The number of likely N-dealkylation sites (N-methyl/N-ethyl adjacent to an activating group) is 1. The van der Waals surface area contributed by atoms with Gasteiger partial charge in [0.1, 0.15) is 6.29 Å². The summed E-state index contributed by atoms with van der Waals surface area (Å²) >= 11 is 0. The van der Waals surface area contributed by atoms with E-state index in [2.05, 4.69) is 10.6 Å². The van der Waals surface area contributed by atoms with E-state index in [9.17, 15) is 4.79 Å². The molecule has 0 aromatic carbocycles. The number of aldehydes is 1. The Morgan fingerprint density at radius 3 is 2.07 bits per heavy atom. The first kappa shape index (κ1) is 16.0. The van der Waals surface area contributed by atoms with E-state index >= 15 is 0 Å². The Labute approximate surface area is 88.7 Å². The zero-order valence-electron chi connectivity index (χ0n) is 10.3. The summed E-state index contributed by atoms with van der Waals surface area (Å²) in [5, 5.41) is 6.46. The smallest absolute Gasteiger partial charge is 0.122 e. The quantitative estimate of drug-likeness (QED) is 0.666. The molecule has 1 atom stereocenters. The first-order valence-electron chi connectivity index (χ1n) is 5.54. The molecule has 3 nitrogen and oxygen atoms in total. The molecule has 0 aromatic heterocycles. The molecule has 1 fully saturated rings. The van der Waals surface area contributed by atoms with Crippen molar-refractivity contribution in [1.29, 1.82) is 0 Å². The van der Waals surface area contributed by atoms with Crippen molar-refractivity contribution < 1.29 is 4.79 Å². The van der Waals surface area contributed by atoms with Gasteiger partial charge < -0.3 is 15.4 Å². The van der Waals surface area contributed by atoms with E-state index in [4.69, 9.17) is 0 Å². The van der Waals surface area contributed by atoms with Crippen molar-refractivity contribution >= 4 is 6.29 Å². The van der Waals surface area contributed by atoms with Crippen molar-refractivity contribution in [3.63, 3.8) is 0 Å². The molecular formula is C11H26N2O. The van der Waals surface area contributed by atoms with Crippen molar-refractivity contribution in [2.45, 2.75) is 40.2 Å². The average Bonchev–Trinajstić information content (AvgIpc) is 2.74. The van der Waals surface area contributed by atoms with Gasteiger partial charge in [-0.05, 0) is 20.0 Å². The number of nitrogens with one attached hydrogen (secondary N) is 2. The second-order valence-electron chi connectivity index (χ2n) is 3.36. The summed E-state index contributed by atoms with van der Waals surface area (Å²) in [5.41, 5.74) is 0. The van der Waals surface area contributed by atoms with Crippen LogP contribution in [0.1, 0.15) is 34.1 Å². The van der Waals surface area contributed by atoms with Crippen LogP contribution in [0.5, 0.6) is 0 Å². The van der Waals surface area contributed by atoms with Gasteiger partial charge in [0, 0.05) is 18.5 Å². The van der Waals surface area contributed by atoms with Gasteiger partial charge in [-0.25, -0.2) is 0 Å². The summed E-state index contributed by atoms with van der Waals surface area (Å²) in [6, 6.07) is 0.736. The lowest BCUT2D eigenvalue weighted by Gasteiger charge is -2.02. The fourth-order valence-electron chi connectivity index (χ4n) is 0.901. The summed E-state index contributed by atoms with van der Waals surface area (Å²) in [6.45, 7) is 10.0. The lowest BCUT2D eigenvalue weighted by atomic mass is 10.3. The molecule has 1 unspecified atom stereocenters. The summed E-state index contributed by atoms with van der Waals surface area (Å²) in [6.07, 6.45) is 2.20. The van der Waals surface area contributed by atoms with Crippen LogP contribution < -0.4 is 10.6 Å². The van der Waals surface area contributed by atoms with Crippen molar-refractivity contribution in [2.75, 3.05) is 20.1 Å². The second kappa shape index (κ2) is 12.6. The Bertz CT molecular complexity index is 110. The van der Waals surface area contributed by atoms with E-state index in [1.54, 1.807) is 0 Å². The van der Waals surface area contributed by atoms with E-state index in [-0.39, 0.29) is 5.92 Å². The molecule has 3 heteroatoms. The molecule has 14 heavy (non-hydrogen) atoms. The molecule has 1 rings (SSSR count). The Hall–Kier alpha value is -0.410. The highest BCUT2D eigenvalue weighted by molar-refractivity contribution is 5.51. The van der Waals surface area contributed by atoms with Gasteiger partial charge in [0.2, 0.25) is 0 Å². The van der Waals surface area contributed by atoms with Gasteiger partial charge in [0.25, 0.3) is 0 Å². The molecule has 1 aliphatic heterocycles. The molecule has 1 heterocycles. The van der Waals surface area contributed by atoms with Crippen LogP contribution in [0, 0.1) is 5.92 Å². The zero-order valence-corrected chi connectivity index (χ0v) is 10.3. The maximum absolute atomic E-state index is 9.50. The molecule has 0 saturated carbocycles. The van der Waals surface area contributed by atoms with E-state index in [1.807, 2.05) is 34.7 Å². The summed E-state index contributed by atoms with van der Waals surface area (Å²) in [5.74, 6) is 0.204. The fraction of sp³-hybridized carbons (Fsp3) is 0.909. The Morgan fingerprint density at radius 2 is 1.93 bits per heavy atom. The number of hydrogen-bond donors (Lipinski definition) is 2. The van der Waals surface area contributed by atoms with Crippen molar-refractivity contribution in [1.82, 2.24) is 10.6 Å². The van der Waals surface area contributed by atoms with E-state index in [1.165, 1.54) is 13.0 Å². The largest absolute Gasteiger partial charge is 0.316 e. The minimum Gasteiger partial charge on any atom is -0.316 e. The monoisotopic (exact) mass is 202 g/mol. The highest BCUT2D eigenvalue weighted by Gasteiger charge is 2.09. The standard InChI is InChI=1S/C5H12N2.C4H8O.C2H6/c1-6-5-2-3-7-4-5;1-4(2)3-5;1-2/h5-7H,2-4H2,1H3;3-4H,1-2H3;1-2H3. The Morgan fingerprint density at radius 1 is 1.43 bits per heavy atom.